The van der Waals surface area contributed by atoms with E-state index in [2.05, 4.69) is 4.99 Å². The quantitative estimate of drug-likeness (QED) is 0.370. The molecule has 0 aromatic heterocycles. The van der Waals surface area contributed by atoms with Crippen molar-refractivity contribution in [2.75, 3.05) is 0 Å². The number of nitro benzene ring substituents is 1. The van der Waals surface area contributed by atoms with E-state index in [4.69, 9.17) is 4.74 Å². The van der Waals surface area contributed by atoms with Gasteiger partial charge in [0, 0.05) is 13.0 Å². The van der Waals surface area contributed by atoms with E-state index in [1.807, 2.05) is 0 Å². The fourth-order valence-electron chi connectivity index (χ4n) is 1.45. The first-order chi connectivity index (χ1) is 8.47. The standard InChI is InChI=1S/C11H8N2O5/c1-6-12-8(11(15)18-6)4-7-2-3-10(14)9(5-7)13(16)17/h2-5,14H,1H3. The zero-order chi connectivity index (χ0) is 13.3. The summed E-state index contributed by atoms with van der Waals surface area (Å²) in [5.74, 6) is -0.821. The number of aromatic hydroxyl groups is 1. The number of carbonyl (C=O) groups is 1. The molecule has 0 saturated carbocycles. The van der Waals surface area contributed by atoms with Crippen molar-refractivity contribution in [1.82, 2.24) is 0 Å². The van der Waals surface area contributed by atoms with E-state index in [9.17, 15) is 20.0 Å². The third-order valence-corrected chi connectivity index (χ3v) is 2.23. The van der Waals surface area contributed by atoms with Crippen LogP contribution in [0.15, 0.2) is 28.9 Å². The molecule has 1 aromatic rings. The molecule has 1 heterocycles. The van der Waals surface area contributed by atoms with E-state index in [0.29, 0.717) is 5.56 Å². The Bertz CT molecular complexity index is 603. The minimum absolute atomic E-state index is 0.0625. The summed E-state index contributed by atoms with van der Waals surface area (Å²) < 4.78 is 4.71. The third kappa shape index (κ3) is 2.19. The molecule has 0 unspecified atom stereocenters. The first kappa shape index (κ1) is 11.8. The smallest absolute Gasteiger partial charge is 0.363 e. The number of nitro groups is 1. The van der Waals surface area contributed by atoms with E-state index < -0.39 is 22.3 Å². The van der Waals surface area contributed by atoms with Crippen molar-refractivity contribution < 1.29 is 19.6 Å². The third-order valence-electron chi connectivity index (χ3n) is 2.23. The predicted octanol–water partition coefficient (Wildman–Crippen LogP) is 1.62. The average Bonchev–Trinajstić information content (AvgIpc) is 2.60. The number of rotatable bonds is 2. The van der Waals surface area contributed by atoms with Crippen LogP contribution in [0, 0.1) is 10.1 Å². The maximum Gasteiger partial charge on any atom is 0.363 e. The highest BCUT2D eigenvalue weighted by Crippen LogP contribution is 2.27. The molecule has 18 heavy (non-hydrogen) atoms. The molecule has 1 aliphatic rings. The fraction of sp³-hybridized carbons (Fsp3) is 0.0909. The van der Waals surface area contributed by atoms with Crippen molar-refractivity contribution in [2.24, 2.45) is 4.99 Å². The minimum Gasteiger partial charge on any atom is -0.502 e. The van der Waals surface area contributed by atoms with Crippen LogP contribution in [0.1, 0.15) is 12.5 Å². The lowest BCUT2D eigenvalue weighted by atomic mass is 10.1. The Kier molecular flexibility index (Phi) is 2.80. The number of cyclic esters (lactones) is 1. The van der Waals surface area contributed by atoms with Crippen molar-refractivity contribution in [3.05, 3.63) is 39.6 Å². The Morgan fingerprint density at radius 3 is 2.78 bits per heavy atom. The second kappa shape index (κ2) is 4.28. The normalized spacial score (nSPS) is 16.6. The molecular formula is C11H8N2O5. The van der Waals surface area contributed by atoms with Crippen LogP contribution in [0.4, 0.5) is 5.69 Å². The highest BCUT2D eigenvalue weighted by molar-refractivity contribution is 6.06. The topological polar surface area (TPSA) is 102 Å². The molecule has 0 saturated heterocycles. The molecule has 92 valence electrons. The molecule has 0 amide bonds. The van der Waals surface area contributed by atoms with E-state index in [0.717, 1.165) is 6.07 Å². The Labute approximate surface area is 101 Å². The summed E-state index contributed by atoms with van der Waals surface area (Å²) in [5.41, 5.74) is 0.00815. The molecule has 1 N–H and O–H groups in total. The van der Waals surface area contributed by atoms with Crippen LogP contribution in [0.2, 0.25) is 0 Å². The summed E-state index contributed by atoms with van der Waals surface area (Å²) in [6.07, 6.45) is 1.35. The number of nitrogens with zero attached hydrogens (tertiary/aromatic N) is 2. The summed E-state index contributed by atoms with van der Waals surface area (Å²) in [5, 5.41) is 19.9. The van der Waals surface area contributed by atoms with Gasteiger partial charge in [-0.1, -0.05) is 6.07 Å². The van der Waals surface area contributed by atoms with Crippen molar-refractivity contribution in [1.29, 1.82) is 0 Å². The summed E-state index contributed by atoms with van der Waals surface area (Å²) >= 11 is 0. The number of hydrogen-bond donors (Lipinski definition) is 1. The largest absolute Gasteiger partial charge is 0.502 e. The Hall–Kier alpha value is -2.70. The molecule has 1 aromatic carbocycles. The molecule has 0 aliphatic carbocycles. The maximum atomic E-state index is 11.3. The number of ether oxygens (including phenoxy) is 1. The zero-order valence-corrected chi connectivity index (χ0v) is 9.28. The van der Waals surface area contributed by atoms with E-state index in [1.54, 1.807) is 0 Å². The van der Waals surface area contributed by atoms with Gasteiger partial charge in [0.15, 0.2) is 17.3 Å². The van der Waals surface area contributed by atoms with Gasteiger partial charge in [0.2, 0.25) is 0 Å². The van der Waals surface area contributed by atoms with Crippen molar-refractivity contribution in [2.45, 2.75) is 6.92 Å². The second-order valence-corrected chi connectivity index (χ2v) is 3.56. The van der Waals surface area contributed by atoms with Crippen molar-refractivity contribution >= 4 is 23.6 Å². The molecule has 2 rings (SSSR count). The molecule has 0 atom stereocenters. The van der Waals surface area contributed by atoms with E-state index >= 15 is 0 Å². The van der Waals surface area contributed by atoms with Crippen LogP contribution >= 0.6 is 0 Å². The summed E-state index contributed by atoms with van der Waals surface area (Å²) in [6.45, 7) is 1.53. The van der Waals surface area contributed by atoms with Gasteiger partial charge in [-0.3, -0.25) is 10.1 Å². The molecule has 0 fully saturated rings. The first-order valence-electron chi connectivity index (χ1n) is 4.94. The van der Waals surface area contributed by atoms with Gasteiger partial charge >= 0.3 is 11.7 Å². The Morgan fingerprint density at radius 2 is 2.22 bits per heavy atom. The number of benzene rings is 1. The molecular weight excluding hydrogens is 240 g/mol. The van der Waals surface area contributed by atoms with Gasteiger partial charge in [0.1, 0.15) is 0 Å². The molecule has 0 radical (unpaired) electrons. The number of hydrogen-bond acceptors (Lipinski definition) is 6. The SMILES string of the molecule is CC1=NC(=Cc2ccc(O)c([N+](=O)[O-])c2)C(=O)O1. The second-order valence-electron chi connectivity index (χ2n) is 3.56. The minimum atomic E-state index is -0.709. The van der Waals surface area contributed by atoms with Crippen molar-refractivity contribution in [3.8, 4) is 5.75 Å². The summed E-state index contributed by atoms with van der Waals surface area (Å²) in [4.78, 5) is 25.0. The molecule has 0 bridgehead atoms. The molecule has 0 spiro atoms. The lowest BCUT2D eigenvalue weighted by molar-refractivity contribution is -0.385. The number of carbonyl (C=O) groups excluding carboxylic acids is 1. The van der Waals surface area contributed by atoms with Crippen LogP contribution in [0.5, 0.6) is 5.75 Å². The van der Waals surface area contributed by atoms with Gasteiger partial charge in [0.25, 0.3) is 0 Å². The van der Waals surface area contributed by atoms with Crippen LogP contribution < -0.4 is 0 Å². The summed E-state index contributed by atoms with van der Waals surface area (Å²) in [6, 6.07) is 3.77. The highest BCUT2D eigenvalue weighted by atomic mass is 16.6. The molecule has 7 nitrogen and oxygen atoms in total. The van der Waals surface area contributed by atoms with Gasteiger partial charge < -0.3 is 9.84 Å². The molecule has 7 heteroatoms. The van der Waals surface area contributed by atoms with Gasteiger partial charge in [-0.2, -0.15) is 0 Å². The first-order valence-corrected chi connectivity index (χ1v) is 4.94. The monoisotopic (exact) mass is 248 g/mol. The number of esters is 1. The van der Waals surface area contributed by atoms with E-state index in [1.165, 1.54) is 25.1 Å². The van der Waals surface area contributed by atoms with Gasteiger partial charge in [-0.15, -0.1) is 0 Å². The Balaban J connectivity index is 2.42. The number of phenols is 1. The van der Waals surface area contributed by atoms with E-state index in [-0.39, 0.29) is 11.6 Å². The van der Waals surface area contributed by atoms with Gasteiger partial charge in [-0.25, -0.2) is 9.79 Å². The average molecular weight is 248 g/mol. The summed E-state index contributed by atoms with van der Waals surface area (Å²) in [7, 11) is 0. The van der Waals surface area contributed by atoms with Crippen LogP contribution in [-0.4, -0.2) is 21.9 Å². The number of aliphatic imine (C=N–C) groups is 1. The lowest BCUT2D eigenvalue weighted by Gasteiger charge is -1.98. The fourth-order valence-corrected chi connectivity index (χ4v) is 1.45. The highest BCUT2D eigenvalue weighted by Gasteiger charge is 2.20. The Morgan fingerprint density at radius 1 is 1.50 bits per heavy atom. The molecule has 1 aliphatic heterocycles. The lowest BCUT2D eigenvalue weighted by Crippen LogP contribution is -1.99. The van der Waals surface area contributed by atoms with Gasteiger partial charge in [-0.05, 0) is 17.7 Å². The van der Waals surface area contributed by atoms with Crippen LogP contribution in [0.3, 0.4) is 0 Å². The maximum absolute atomic E-state index is 11.3. The van der Waals surface area contributed by atoms with Crippen LogP contribution in [0.25, 0.3) is 6.08 Å². The number of phenolic OH excluding ortho intramolecular Hbond substituents is 1. The predicted molar refractivity (Wildman–Crippen MR) is 61.9 cm³/mol. The zero-order valence-electron chi connectivity index (χ0n) is 9.28. The van der Waals surface area contributed by atoms with Gasteiger partial charge in [0.05, 0.1) is 4.92 Å². The van der Waals surface area contributed by atoms with Crippen molar-refractivity contribution in [3.63, 3.8) is 0 Å². The van der Waals surface area contributed by atoms with Crippen LogP contribution in [-0.2, 0) is 9.53 Å².